The maximum atomic E-state index is 14.2. The maximum Gasteiger partial charge on any atom is 0.254 e. The summed E-state index contributed by atoms with van der Waals surface area (Å²) >= 11 is 0. The Morgan fingerprint density at radius 1 is 1.24 bits per heavy atom. The first-order valence-corrected chi connectivity index (χ1v) is 14.9. The minimum Gasteiger partial charge on any atom is -0.379 e. The van der Waals surface area contributed by atoms with Crippen LogP contribution in [0.2, 0.25) is 0 Å². The van der Waals surface area contributed by atoms with Crippen LogP contribution in [-0.4, -0.2) is 95.7 Å². The number of nitrogens with zero attached hydrogens (tertiary/aromatic N) is 6. The molecule has 2 saturated heterocycles. The van der Waals surface area contributed by atoms with Crippen molar-refractivity contribution in [3.8, 4) is 0 Å². The minimum absolute atomic E-state index is 0.0625. The van der Waals surface area contributed by atoms with Crippen molar-refractivity contribution in [2.75, 3.05) is 57.4 Å². The summed E-state index contributed by atoms with van der Waals surface area (Å²) in [7, 11) is 0. The number of amides is 1. The van der Waals surface area contributed by atoms with Crippen LogP contribution in [0, 0.1) is 12.4 Å². The van der Waals surface area contributed by atoms with E-state index in [1.165, 1.54) is 12.1 Å². The average Bonchev–Trinajstić information content (AvgIpc) is 3.50. The number of nitrogens with one attached hydrogen (secondary N) is 1. The van der Waals surface area contributed by atoms with Crippen LogP contribution in [0.3, 0.4) is 0 Å². The van der Waals surface area contributed by atoms with Crippen LogP contribution in [0.4, 0.5) is 15.9 Å². The normalized spacial score (nSPS) is 24.6. The van der Waals surface area contributed by atoms with Gasteiger partial charge in [-0.2, -0.15) is 0 Å². The summed E-state index contributed by atoms with van der Waals surface area (Å²) in [4.78, 5) is 29.3. The topological polar surface area (TPSA) is 69.7 Å². The molecule has 3 aliphatic heterocycles. The fourth-order valence-corrected chi connectivity index (χ4v) is 6.83. The Morgan fingerprint density at radius 2 is 2.02 bits per heavy atom. The van der Waals surface area contributed by atoms with Crippen LogP contribution in [0.25, 0.3) is 10.5 Å². The minimum atomic E-state index is -0.378. The number of halogens is 1. The molecular weight excluding hydrogens is 533 g/mol. The number of fused-ring (bicyclic) bond motifs is 3. The number of benzene rings is 1. The molecule has 2 aromatic heterocycles. The molecule has 222 valence electrons. The summed E-state index contributed by atoms with van der Waals surface area (Å²) in [5.74, 6) is 0.212. The molecule has 0 spiro atoms. The zero-order chi connectivity index (χ0) is 29.6. The smallest absolute Gasteiger partial charge is 0.254 e. The van der Waals surface area contributed by atoms with Gasteiger partial charge in [0.25, 0.3) is 5.82 Å². The van der Waals surface area contributed by atoms with Gasteiger partial charge < -0.3 is 19.8 Å². The Bertz CT molecular complexity index is 1510. The summed E-state index contributed by atoms with van der Waals surface area (Å²) in [6, 6.07) is 9.39. The van der Waals surface area contributed by atoms with Crippen molar-refractivity contribution in [1.29, 1.82) is 0 Å². The first-order valence-electron chi connectivity index (χ1n) is 14.9. The Kier molecular flexibility index (Phi) is 7.79. The van der Waals surface area contributed by atoms with Gasteiger partial charge in [0, 0.05) is 68.2 Å². The van der Waals surface area contributed by atoms with Crippen LogP contribution < -0.4 is 10.2 Å². The van der Waals surface area contributed by atoms with Gasteiger partial charge in [0.05, 0.1) is 31.6 Å². The van der Waals surface area contributed by atoms with E-state index in [-0.39, 0.29) is 23.2 Å². The molecule has 10 heteroatoms. The first kappa shape index (κ1) is 28.7. The lowest BCUT2D eigenvalue weighted by atomic mass is 9.90. The van der Waals surface area contributed by atoms with Crippen LogP contribution in [0.1, 0.15) is 44.5 Å². The predicted molar refractivity (Wildman–Crippen MR) is 161 cm³/mol. The number of piperazine rings is 1. The third-order valence-electron chi connectivity index (χ3n) is 9.03. The quantitative estimate of drug-likeness (QED) is 0.455. The zero-order valence-electron chi connectivity index (χ0n) is 24.9. The van der Waals surface area contributed by atoms with E-state index in [1.807, 2.05) is 9.30 Å². The SMILES string of the molecule is [C-]#[N+]c1cnc2c(Cc3ccc(F)cc3)cc3c(n12)C(C)(C)CN3C(=O)CN1C[C@@H](C)NC[C@@H]1CN1CCOC[C@H]1C. The van der Waals surface area contributed by atoms with E-state index < -0.39 is 0 Å². The molecule has 1 N–H and O–H groups in total. The molecule has 0 radical (unpaired) electrons. The highest BCUT2D eigenvalue weighted by molar-refractivity contribution is 5.98. The van der Waals surface area contributed by atoms with Gasteiger partial charge in [-0.3, -0.25) is 14.6 Å². The van der Waals surface area contributed by atoms with Gasteiger partial charge in [-0.25, -0.2) is 13.8 Å². The van der Waals surface area contributed by atoms with Crippen molar-refractivity contribution < 1.29 is 13.9 Å². The second-order valence-corrected chi connectivity index (χ2v) is 12.8. The van der Waals surface area contributed by atoms with Gasteiger partial charge >= 0.3 is 0 Å². The molecule has 1 aromatic carbocycles. The van der Waals surface area contributed by atoms with E-state index in [9.17, 15) is 9.18 Å². The number of ether oxygens (including phenoxy) is 1. The van der Waals surface area contributed by atoms with E-state index in [0.717, 1.165) is 61.9 Å². The van der Waals surface area contributed by atoms with E-state index in [1.54, 1.807) is 18.3 Å². The summed E-state index contributed by atoms with van der Waals surface area (Å²) < 4.78 is 21.2. The van der Waals surface area contributed by atoms with E-state index in [4.69, 9.17) is 11.3 Å². The fraction of sp³-hybridized carbons (Fsp3) is 0.531. The number of hydrogen-bond donors (Lipinski definition) is 1. The third kappa shape index (κ3) is 5.42. The van der Waals surface area contributed by atoms with Crippen LogP contribution in [0.15, 0.2) is 36.5 Å². The number of imidazole rings is 1. The summed E-state index contributed by atoms with van der Waals surface area (Å²) in [5.41, 5.74) is 3.94. The van der Waals surface area contributed by atoms with Crippen molar-refractivity contribution in [2.45, 2.75) is 57.7 Å². The molecule has 2 fully saturated rings. The van der Waals surface area contributed by atoms with Crippen LogP contribution >= 0.6 is 0 Å². The lowest BCUT2D eigenvalue weighted by Gasteiger charge is -2.43. The van der Waals surface area contributed by atoms with Crippen LogP contribution in [-0.2, 0) is 21.4 Å². The number of rotatable bonds is 6. The Hall–Kier alpha value is -3.36. The maximum absolute atomic E-state index is 14.2. The molecule has 3 aromatic rings. The van der Waals surface area contributed by atoms with Crippen LogP contribution in [0.5, 0.6) is 0 Å². The molecule has 0 unspecified atom stereocenters. The third-order valence-corrected chi connectivity index (χ3v) is 9.03. The van der Waals surface area contributed by atoms with Crippen molar-refractivity contribution in [1.82, 2.24) is 24.5 Å². The monoisotopic (exact) mass is 573 g/mol. The van der Waals surface area contributed by atoms with E-state index in [2.05, 4.69) is 58.7 Å². The molecule has 0 bridgehead atoms. The van der Waals surface area contributed by atoms with E-state index >= 15 is 0 Å². The zero-order valence-corrected chi connectivity index (χ0v) is 24.9. The summed E-state index contributed by atoms with van der Waals surface area (Å²) in [6.07, 6.45) is 2.12. The van der Waals surface area contributed by atoms with Gasteiger partial charge in [0.2, 0.25) is 11.6 Å². The number of carbonyl (C=O) groups excluding carboxylic acids is 1. The highest BCUT2D eigenvalue weighted by Crippen LogP contribution is 2.44. The van der Waals surface area contributed by atoms with Crippen molar-refractivity contribution in [3.05, 3.63) is 70.6 Å². The Labute approximate surface area is 247 Å². The highest BCUT2D eigenvalue weighted by atomic mass is 19.1. The van der Waals surface area contributed by atoms with Gasteiger partial charge in [-0.15, -0.1) is 0 Å². The Morgan fingerprint density at radius 3 is 2.76 bits per heavy atom. The number of morpholine rings is 1. The lowest BCUT2D eigenvalue weighted by molar-refractivity contribution is -0.121. The number of carbonyl (C=O) groups is 1. The van der Waals surface area contributed by atoms with Gasteiger partial charge in [0.1, 0.15) is 11.5 Å². The molecule has 5 heterocycles. The highest BCUT2D eigenvalue weighted by Gasteiger charge is 2.44. The predicted octanol–water partition coefficient (Wildman–Crippen LogP) is 3.62. The molecule has 0 aliphatic carbocycles. The standard InChI is InChI=1S/C32H40FN7O2/c1-21-16-38(26(14-35-21)17-37-10-11-42-19-22(37)2)18-29(41)39-20-32(3,4)30-27(39)13-24(12-23-6-8-25(33)9-7-23)31-36-15-28(34-5)40(30)31/h6-9,13,15,21-22,26,35H,10-12,14,16-20H2,1-4H3/t21-,22-,26-/m1/s1. The molecule has 9 nitrogen and oxygen atoms in total. The number of aromatic nitrogens is 2. The average molecular weight is 574 g/mol. The summed E-state index contributed by atoms with van der Waals surface area (Å²) in [6.45, 7) is 22.2. The number of pyridine rings is 1. The second kappa shape index (κ2) is 11.4. The van der Waals surface area contributed by atoms with Crippen molar-refractivity contribution in [3.63, 3.8) is 0 Å². The van der Waals surface area contributed by atoms with Gasteiger partial charge in [0.15, 0.2) is 0 Å². The number of hydrogen-bond acceptors (Lipinski definition) is 6. The first-order chi connectivity index (χ1) is 20.1. The molecule has 3 atom stereocenters. The molecular formula is C32H40FN7O2. The lowest BCUT2D eigenvalue weighted by Crippen LogP contribution is -2.62. The molecule has 3 aliphatic rings. The summed E-state index contributed by atoms with van der Waals surface area (Å²) in [5, 5.41) is 3.62. The molecule has 0 saturated carbocycles. The molecule has 1 amide bonds. The molecule has 42 heavy (non-hydrogen) atoms. The molecule has 6 rings (SSSR count). The fourth-order valence-electron chi connectivity index (χ4n) is 6.83. The van der Waals surface area contributed by atoms with E-state index in [0.29, 0.717) is 43.1 Å². The largest absolute Gasteiger partial charge is 0.379 e. The van der Waals surface area contributed by atoms with Crippen molar-refractivity contribution >= 4 is 23.1 Å². The van der Waals surface area contributed by atoms with Crippen molar-refractivity contribution in [2.24, 2.45) is 0 Å². The van der Waals surface area contributed by atoms with Gasteiger partial charge in [-0.05, 0) is 37.6 Å². The number of anilines is 1. The second-order valence-electron chi connectivity index (χ2n) is 12.8. The van der Waals surface area contributed by atoms with Gasteiger partial charge in [-0.1, -0.05) is 32.6 Å². The Balaban J connectivity index is 1.33.